The van der Waals surface area contributed by atoms with Crippen molar-refractivity contribution in [2.75, 3.05) is 30.3 Å². The number of anilines is 2. The van der Waals surface area contributed by atoms with Gasteiger partial charge in [-0.2, -0.15) is 13.2 Å². The zero-order chi connectivity index (χ0) is 19.9. The molecular weight excluding hydrogens is 371 g/mol. The molecule has 0 spiro atoms. The van der Waals surface area contributed by atoms with Gasteiger partial charge in [0.1, 0.15) is 17.3 Å². The maximum atomic E-state index is 13.5. The van der Waals surface area contributed by atoms with Crippen LogP contribution in [0, 0.1) is 5.92 Å². The van der Waals surface area contributed by atoms with Gasteiger partial charge < -0.3 is 16.0 Å². The molecule has 5 heterocycles. The number of rotatable bonds is 3. The highest BCUT2D eigenvalue weighted by Gasteiger charge is 2.38. The van der Waals surface area contributed by atoms with Gasteiger partial charge in [-0.3, -0.25) is 4.79 Å². The first kappa shape index (κ1) is 18.7. The lowest BCUT2D eigenvalue weighted by atomic mass is 9.97. The number of nitrogen functional groups attached to an aromatic ring is 1. The van der Waals surface area contributed by atoms with Gasteiger partial charge in [0.15, 0.2) is 0 Å². The summed E-state index contributed by atoms with van der Waals surface area (Å²) in [4.78, 5) is 22.8. The van der Waals surface area contributed by atoms with Gasteiger partial charge in [0.05, 0.1) is 11.1 Å². The quantitative estimate of drug-likeness (QED) is 0.783. The van der Waals surface area contributed by atoms with Crippen LogP contribution in [0.3, 0.4) is 0 Å². The summed E-state index contributed by atoms with van der Waals surface area (Å²) >= 11 is 0. The third-order valence-electron chi connectivity index (χ3n) is 5.35. The van der Waals surface area contributed by atoms with E-state index in [0.717, 1.165) is 25.5 Å². The minimum absolute atomic E-state index is 0.0877. The molecule has 28 heavy (non-hydrogen) atoms. The second-order valence-corrected chi connectivity index (χ2v) is 7.28. The SMILES string of the molecule is Nc1ncccc1C(=O)c1nc(N2CC3CCC(C2)NC3)ccc1C(F)(F)F. The first-order valence-corrected chi connectivity index (χ1v) is 9.14. The topological polar surface area (TPSA) is 84.1 Å². The summed E-state index contributed by atoms with van der Waals surface area (Å²) in [5, 5.41) is 3.45. The van der Waals surface area contributed by atoms with Crippen molar-refractivity contribution < 1.29 is 18.0 Å². The molecule has 0 saturated carbocycles. The molecule has 148 valence electrons. The van der Waals surface area contributed by atoms with Gasteiger partial charge in [-0.15, -0.1) is 0 Å². The predicted octanol–water partition coefficient (Wildman–Crippen LogP) is 2.50. The van der Waals surface area contributed by atoms with Crippen LogP contribution in [-0.2, 0) is 6.18 Å². The van der Waals surface area contributed by atoms with E-state index in [9.17, 15) is 18.0 Å². The van der Waals surface area contributed by atoms with Crippen LogP contribution in [0.15, 0.2) is 30.5 Å². The molecule has 2 bridgehead atoms. The van der Waals surface area contributed by atoms with E-state index in [0.29, 0.717) is 24.8 Å². The molecule has 0 amide bonds. The standard InChI is InChI=1S/C19H20F3N5O/c20-19(21,22)14-5-6-15(27-9-11-3-4-12(10-27)25-8-11)26-16(14)17(28)13-2-1-7-24-18(13)23/h1-2,5-7,11-12,25H,3-4,8-10H2,(H2,23,24). The lowest BCUT2D eigenvalue weighted by Gasteiger charge is -2.25. The number of alkyl halides is 3. The minimum atomic E-state index is -4.70. The maximum Gasteiger partial charge on any atom is 0.418 e. The molecule has 5 rings (SSSR count). The number of hydrogen-bond acceptors (Lipinski definition) is 6. The largest absolute Gasteiger partial charge is 0.418 e. The molecule has 2 unspecified atom stereocenters. The number of carbonyl (C=O) groups excluding carboxylic acids is 1. The monoisotopic (exact) mass is 391 g/mol. The first-order chi connectivity index (χ1) is 13.3. The Morgan fingerprint density at radius 2 is 2.04 bits per heavy atom. The van der Waals surface area contributed by atoms with Crippen LogP contribution in [0.25, 0.3) is 0 Å². The normalized spacial score (nSPS) is 22.2. The zero-order valence-electron chi connectivity index (χ0n) is 15.0. The Hall–Kier alpha value is -2.68. The number of halogens is 3. The number of piperidine rings is 1. The summed E-state index contributed by atoms with van der Waals surface area (Å²) in [6.07, 6.45) is -1.22. The molecule has 6 nitrogen and oxygen atoms in total. The highest BCUT2D eigenvalue weighted by atomic mass is 19.4. The summed E-state index contributed by atoms with van der Waals surface area (Å²) in [5.41, 5.74) is 3.90. The van der Waals surface area contributed by atoms with Crippen LogP contribution < -0.4 is 16.0 Å². The molecule has 2 aromatic rings. The van der Waals surface area contributed by atoms with Crippen LogP contribution in [0.4, 0.5) is 24.8 Å². The summed E-state index contributed by atoms with van der Waals surface area (Å²) in [7, 11) is 0. The van der Waals surface area contributed by atoms with E-state index < -0.39 is 23.2 Å². The van der Waals surface area contributed by atoms with E-state index in [4.69, 9.17) is 5.73 Å². The summed E-state index contributed by atoms with van der Waals surface area (Å²) in [6, 6.07) is 5.36. The Morgan fingerprint density at radius 3 is 2.71 bits per heavy atom. The van der Waals surface area contributed by atoms with E-state index in [1.807, 2.05) is 4.90 Å². The molecule has 0 radical (unpaired) electrons. The molecular formula is C19H20F3N5O. The first-order valence-electron chi connectivity index (χ1n) is 9.14. The van der Waals surface area contributed by atoms with Gasteiger partial charge in [-0.25, -0.2) is 9.97 Å². The predicted molar refractivity (Wildman–Crippen MR) is 98.0 cm³/mol. The maximum absolute atomic E-state index is 13.5. The number of nitrogens with two attached hydrogens (primary N) is 1. The van der Waals surface area contributed by atoms with Crippen molar-refractivity contribution in [2.24, 2.45) is 5.92 Å². The number of carbonyl (C=O) groups is 1. The number of nitrogens with zero attached hydrogens (tertiary/aromatic N) is 3. The Balaban J connectivity index is 1.76. The van der Waals surface area contributed by atoms with Crippen LogP contribution in [0.5, 0.6) is 0 Å². The molecule has 2 aromatic heterocycles. The Labute approximate surface area is 160 Å². The Morgan fingerprint density at radius 1 is 1.21 bits per heavy atom. The van der Waals surface area contributed by atoms with Crippen molar-refractivity contribution in [1.82, 2.24) is 15.3 Å². The zero-order valence-corrected chi connectivity index (χ0v) is 15.0. The summed E-state index contributed by atoms with van der Waals surface area (Å²) in [5.74, 6) is -0.212. The lowest BCUT2D eigenvalue weighted by Crippen LogP contribution is -2.39. The third-order valence-corrected chi connectivity index (χ3v) is 5.35. The average Bonchev–Trinajstić information content (AvgIpc) is 3.01. The van der Waals surface area contributed by atoms with E-state index >= 15 is 0 Å². The van der Waals surface area contributed by atoms with E-state index in [1.165, 1.54) is 24.4 Å². The van der Waals surface area contributed by atoms with Gasteiger partial charge in [-0.05, 0) is 49.6 Å². The average molecular weight is 391 g/mol. The van der Waals surface area contributed by atoms with Crippen LogP contribution >= 0.6 is 0 Å². The molecule has 3 fully saturated rings. The number of nitrogens with one attached hydrogen (secondary N) is 1. The highest BCUT2D eigenvalue weighted by molar-refractivity contribution is 6.11. The number of pyridine rings is 2. The molecule has 9 heteroatoms. The van der Waals surface area contributed by atoms with Gasteiger partial charge in [0.25, 0.3) is 0 Å². The highest BCUT2D eigenvalue weighted by Crippen LogP contribution is 2.34. The van der Waals surface area contributed by atoms with Gasteiger partial charge in [0, 0.05) is 25.3 Å². The second-order valence-electron chi connectivity index (χ2n) is 7.28. The van der Waals surface area contributed by atoms with Crippen molar-refractivity contribution in [3.63, 3.8) is 0 Å². The summed E-state index contributed by atoms with van der Waals surface area (Å²) < 4.78 is 40.6. The molecule has 0 aromatic carbocycles. The van der Waals surface area contributed by atoms with Crippen molar-refractivity contribution in [1.29, 1.82) is 0 Å². The van der Waals surface area contributed by atoms with E-state index in [-0.39, 0.29) is 17.4 Å². The smallest absolute Gasteiger partial charge is 0.383 e. The molecule has 3 aliphatic rings. The molecule has 3 saturated heterocycles. The molecule has 0 aliphatic carbocycles. The van der Waals surface area contributed by atoms with Crippen LogP contribution in [-0.4, -0.2) is 41.4 Å². The van der Waals surface area contributed by atoms with E-state index in [2.05, 4.69) is 15.3 Å². The number of hydrogen-bond donors (Lipinski definition) is 2. The van der Waals surface area contributed by atoms with Crippen molar-refractivity contribution >= 4 is 17.4 Å². The minimum Gasteiger partial charge on any atom is -0.383 e. The molecule has 3 N–H and O–H groups in total. The fourth-order valence-electron chi connectivity index (χ4n) is 3.89. The number of ketones is 1. The summed E-state index contributed by atoms with van der Waals surface area (Å²) in [6.45, 7) is 2.24. The Kier molecular flexibility index (Phi) is 4.70. The third kappa shape index (κ3) is 3.54. The molecule has 3 aliphatic heterocycles. The number of aromatic nitrogens is 2. The van der Waals surface area contributed by atoms with Crippen molar-refractivity contribution in [3.8, 4) is 0 Å². The van der Waals surface area contributed by atoms with Gasteiger partial charge in [-0.1, -0.05) is 0 Å². The van der Waals surface area contributed by atoms with Crippen LogP contribution in [0.2, 0.25) is 0 Å². The fraction of sp³-hybridized carbons (Fsp3) is 0.421. The number of fused-ring (bicyclic) bond motifs is 4. The fourth-order valence-corrected chi connectivity index (χ4v) is 3.89. The van der Waals surface area contributed by atoms with Crippen LogP contribution in [0.1, 0.15) is 34.5 Å². The van der Waals surface area contributed by atoms with Gasteiger partial charge in [0.2, 0.25) is 5.78 Å². The van der Waals surface area contributed by atoms with Crippen molar-refractivity contribution in [3.05, 3.63) is 47.3 Å². The van der Waals surface area contributed by atoms with E-state index in [1.54, 1.807) is 0 Å². The molecule has 2 atom stereocenters. The van der Waals surface area contributed by atoms with Crippen molar-refractivity contribution in [2.45, 2.75) is 25.1 Å². The second kappa shape index (κ2) is 7.05. The Bertz CT molecular complexity index is 879. The lowest BCUT2D eigenvalue weighted by molar-refractivity contribution is -0.138. The van der Waals surface area contributed by atoms with Gasteiger partial charge >= 0.3 is 6.18 Å².